The number of hydrogen-bond acceptors (Lipinski definition) is 5. The largest absolute Gasteiger partial charge is 0.453 e. The minimum Gasteiger partial charge on any atom is -0.453 e. The Hall–Kier alpha value is -1.20. The van der Waals surface area contributed by atoms with Gasteiger partial charge in [-0.3, -0.25) is 0 Å². The lowest BCUT2D eigenvalue weighted by Crippen LogP contribution is -2.39. The van der Waals surface area contributed by atoms with E-state index in [0.29, 0.717) is 12.6 Å². The molecule has 0 aromatic carbocycles. The Morgan fingerprint density at radius 2 is 2.36 bits per heavy atom. The first-order valence-corrected chi connectivity index (χ1v) is 4.54. The molecule has 0 bridgehead atoms. The van der Waals surface area contributed by atoms with Gasteiger partial charge < -0.3 is 14.8 Å². The van der Waals surface area contributed by atoms with Gasteiger partial charge in [-0.05, 0) is 6.07 Å². The molecule has 75 valence electrons. The van der Waals surface area contributed by atoms with Crippen LogP contribution in [0.25, 0.3) is 0 Å². The second-order valence-electron chi connectivity index (χ2n) is 2.90. The summed E-state index contributed by atoms with van der Waals surface area (Å²) in [5.41, 5.74) is 0. The molecule has 1 radical (unpaired) electrons. The van der Waals surface area contributed by atoms with Crippen LogP contribution in [-0.4, -0.2) is 35.8 Å². The Morgan fingerprint density at radius 3 is 3.07 bits per heavy atom. The Morgan fingerprint density at radius 1 is 1.50 bits per heavy atom. The van der Waals surface area contributed by atoms with Gasteiger partial charge in [-0.25, -0.2) is 9.97 Å². The van der Waals surface area contributed by atoms with Gasteiger partial charge >= 0.3 is 6.01 Å². The highest BCUT2D eigenvalue weighted by Gasteiger charge is 2.14. The van der Waals surface area contributed by atoms with Crippen molar-refractivity contribution in [1.82, 2.24) is 15.3 Å². The van der Waals surface area contributed by atoms with Crippen LogP contribution in [0.3, 0.4) is 0 Å². The van der Waals surface area contributed by atoms with Gasteiger partial charge in [0.15, 0.2) is 6.61 Å². The van der Waals surface area contributed by atoms with E-state index in [4.69, 9.17) is 9.47 Å². The Bertz CT molecular complexity index is 262. The average molecular weight is 194 g/mol. The monoisotopic (exact) mass is 194 g/mol. The Kier molecular flexibility index (Phi) is 3.26. The number of hydrogen-bond donors (Lipinski definition) is 1. The normalized spacial score (nSPS) is 21.9. The van der Waals surface area contributed by atoms with Crippen LogP contribution >= 0.6 is 0 Å². The van der Waals surface area contributed by atoms with Gasteiger partial charge in [0.2, 0.25) is 0 Å². The predicted octanol–water partition coefficient (Wildman–Crippen LogP) is 0.00559. The molecule has 0 spiro atoms. The molecule has 1 fully saturated rings. The van der Waals surface area contributed by atoms with Crippen molar-refractivity contribution in [3.8, 4) is 6.01 Å². The van der Waals surface area contributed by atoms with E-state index in [1.807, 2.05) is 0 Å². The summed E-state index contributed by atoms with van der Waals surface area (Å²) >= 11 is 0. The van der Waals surface area contributed by atoms with Crippen LogP contribution < -0.4 is 10.1 Å². The standard InChI is InChI=1S/C9H12N3O2/c1-2-11-9(12-3-1)14-7-8-6-10-4-5-13-8/h1-3,7-8,10H,4-6H2. The SMILES string of the molecule is [CH](Oc1ncccn1)C1CNCCO1. The number of nitrogens with zero attached hydrogens (tertiary/aromatic N) is 2. The molecule has 1 aromatic heterocycles. The second-order valence-corrected chi connectivity index (χ2v) is 2.90. The van der Waals surface area contributed by atoms with Crippen LogP contribution in [0.2, 0.25) is 0 Å². The van der Waals surface area contributed by atoms with E-state index >= 15 is 0 Å². The fourth-order valence-corrected chi connectivity index (χ4v) is 1.16. The number of nitrogens with one attached hydrogen (secondary N) is 1. The first-order valence-electron chi connectivity index (χ1n) is 4.54. The zero-order valence-electron chi connectivity index (χ0n) is 7.72. The van der Waals surface area contributed by atoms with Crippen molar-refractivity contribution in [1.29, 1.82) is 0 Å². The Balaban J connectivity index is 1.76. The van der Waals surface area contributed by atoms with E-state index in [1.165, 1.54) is 0 Å². The molecule has 14 heavy (non-hydrogen) atoms. The zero-order valence-corrected chi connectivity index (χ0v) is 7.72. The van der Waals surface area contributed by atoms with E-state index in [2.05, 4.69) is 15.3 Å². The number of morpholine rings is 1. The van der Waals surface area contributed by atoms with E-state index < -0.39 is 0 Å². The van der Waals surface area contributed by atoms with E-state index in [-0.39, 0.29) is 6.10 Å². The van der Waals surface area contributed by atoms with Gasteiger partial charge in [0.05, 0.1) is 6.61 Å². The minimum absolute atomic E-state index is 0.0208. The molecule has 1 N–H and O–H groups in total. The number of ether oxygens (including phenoxy) is 2. The summed E-state index contributed by atoms with van der Waals surface area (Å²) in [4.78, 5) is 7.85. The van der Waals surface area contributed by atoms with Crippen molar-refractivity contribution in [2.24, 2.45) is 0 Å². The summed E-state index contributed by atoms with van der Waals surface area (Å²) in [5.74, 6) is 0. The summed E-state index contributed by atoms with van der Waals surface area (Å²) in [6.45, 7) is 3.99. The molecule has 0 amide bonds. The molecule has 1 aromatic rings. The molecule has 2 rings (SSSR count). The molecular formula is C9H12N3O2. The maximum absolute atomic E-state index is 5.40. The summed E-state index contributed by atoms with van der Waals surface area (Å²) in [5, 5.41) is 3.19. The molecule has 5 nitrogen and oxygen atoms in total. The van der Waals surface area contributed by atoms with Crippen molar-refractivity contribution in [3.63, 3.8) is 0 Å². The third-order valence-electron chi connectivity index (χ3n) is 1.82. The lowest BCUT2D eigenvalue weighted by molar-refractivity contribution is 0.0246. The number of rotatable bonds is 3. The van der Waals surface area contributed by atoms with Crippen molar-refractivity contribution in [2.45, 2.75) is 6.10 Å². The van der Waals surface area contributed by atoms with Crippen LogP contribution in [0.5, 0.6) is 6.01 Å². The van der Waals surface area contributed by atoms with Crippen molar-refractivity contribution >= 4 is 0 Å². The molecule has 1 aliphatic rings. The summed E-state index contributed by atoms with van der Waals surface area (Å²) in [6, 6.07) is 2.09. The highest BCUT2D eigenvalue weighted by Crippen LogP contribution is 2.05. The van der Waals surface area contributed by atoms with Gasteiger partial charge in [0.25, 0.3) is 0 Å². The van der Waals surface area contributed by atoms with Gasteiger partial charge in [-0.15, -0.1) is 0 Å². The second kappa shape index (κ2) is 4.88. The minimum atomic E-state index is -0.0208. The average Bonchev–Trinajstić information content (AvgIpc) is 2.29. The summed E-state index contributed by atoms with van der Waals surface area (Å²) < 4.78 is 10.6. The van der Waals surface area contributed by atoms with Crippen LogP contribution in [0.4, 0.5) is 0 Å². The van der Waals surface area contributed by atoms with Crippen LogP contribution in [0.15, 0.2) is 18.5 Å². The Labute approximate surface area is 82.5 Å². The molecule has 1 aliphatic heterocycles. The molecule has 5 heteroatoms. The quantitative estimate of drug-likeness (QED) is 0.734. The zero-order chi connectivity index (χ0) is 9.64. The molecule has 0 aliphatic carbocycles. The van der Waals surface area contributed by atoms with E-state index in [9.17, 15) is 0 Å². The molecule has 2 heterocycles. The van der Waals surface area contributed by atoms with Gasteiger partial charge in [-0.1, -0.05) is 0 Å². The van der Waals surface area contributed by atoms with Crippen LogP contribution in [0, 0.1) is 6.61 Å². The maximum atomic E-state index is 5.40. The fraction of sp³-hybridized carbons (Fsp3) is 0.444. The highest BCUT2D eigenvalue weighted by atomic mass is 16.5. The molecule has 1 saturated heterocycles. The molecule has 0 saturated carbocycles. The van der Waals surface area contributed by atoms with Gasteiger partial charge in [-0.2, -0.15) is 0 Å². The lowest BCUT2D eigenvalue weighted by atomic mass is 10.3. The number of aromatic nitrogens is 2. The van der Waals surface area contributed by atoms with Gasteiger partial charge in [0.1, 0.15) is 6.10 Å². The molecule has 1 atom stereocenters. The third kappa shape index (κ3) is 2.65. The van der Waals surface area contributed by atoms with Crippen molar-refractivity contribution < 1.29 is 9.47 Å². The third-order valence-corrected chi connectivity index (χ3v) is 1.82. The smallest absolute Gasteiger partial charge is 0.316 e. The van der Waals surface area contributed by atoms with Crippen LogP contribution in [0.1, 0.15) is 0 Å². The lowest BCUT2D eigenvalue weighted by Gasteiger charge is -2.22. The first kappa shape index (κ1) is 9.36. The molecule has 1 unspecified atom stereocenters. The van der Waals surface area contributed by atoms with E-state index in [0.717, 1.165) is 13.1 Å². The van der Waals surface area contributed by atoms with Crippen molar-refractivity contribution in [3.05, 3.63) is 25.1 Å². The maximum Gasteiger partial charge on any atom is 0.316 e. The topological polar surface area (TPSA) is 56.3 Å². The van der Waals surface area contributed by atoms with Crippen molar-refractivity contribution in [2.75, 3.05) is 19.7 Å². The van der Waals surface area contributed by atoms with E-state index in [1.54, 1.807) is 25.1 Å². The summed E-state index contributed by atoms with van der Waals surface area (Å²) in [6.07, 6.45) is 3.25. The first-order chi connectivity index (χ1) is 6.95. The summed E-state index contributed by atoms with van der Waals surface area (Å²) in [7, 11) is 0. The van der Waals surface area contributed by atoms with Gasteiger partial charge in [0, 0.05) is 25.5 Å². The van der Waals surface area contributed by atoms with Crippen LogP contribution in [-0.2, 0) is 4.74 Å². The fourth-order valence-electron chi connectivity index (χ4n) is 1.16. The molecular weight excluding hydrogens is 182 g/mol. The predicted molar refractivity (Wildman–Crippen MR) is 49.6 cm³/mol. The highest BCUT2D eigenvalue weighted by molar-refractivity contribution is 4.95.